The number of nitrogens with one attached hydrogen (secondary N) is 1. The highest BCUT2D eigenvalue weighted by Crippen LogP contribution is 2.12. The molecule has 78 valence electrons. The number of carbonyl (C=O) groups excluding carboxylic acids is 2. The Kier molecular flexibility index (Phi) is 3.45. The lowest BCUT2D eigenvalue weighted by atomic mass is 10.1. The van der Waals surface area contributed by atoms with Crippen molar-refractivity contribution in [2.24, 2.45) is 5.73 Å². The Morgan fingerprint density at radius 1 is 1.27 bits per heavy atom. The summed E-state index contributed by atoms with van der Waals surface area (Å²) >= 11 is 0. The molecule has 0 radical (unpaired) electrons. The van der Waals surface area contributed by atoms with Crippen LogP contribution in [-0.4, -0.2) is 12.0 Å². The molecule has 1 aromatic rings. The van der Waals surface area contributed by atoms with Crippen LogP contribution in [0.1, 0.15) is 5.56 Å². The number of amides is 2. The average Bonchev–Trinajstić information content (AvgIpc) is 2.26. The van der Waals surface area contributed by atoms with Crippen LogP contribution in [0.2, 0.25) is 0 Å². The summed E-state index contributed by atoms with van der Waals surface area (Å²) in [7, 11) is 0. The summed E-state index contributed by atoms with van der Waals surface area (Å²) in [5.41, 5.74) is 7.21. The second kappa shape index (κ2) is 4.80. The van der Waals surface area contributed by atoms with Gasteiger partial charge in [0.1, 0.15) is 0 Å². The highest BCUT2D eigenvalue weighted by Gasteiger charge is 2.11. The van der Waals surface area contributed by atoms with Crippen molar-refractivity contribution in [3.8, 4) is 0 Å². The zero-order valence-electron chi connectivity index (χ0n) is 7.90. The quantitative estimate of drug-likeness (QED) is 0.555. The predicted octanol–water partition coefficient (Wildman–Crippen LogP) is 0.826. The Morgan fingerprint density at radius 2 is 1.87 bits per heavy atom. The minimum atomic E-state index is -0.941. The topological polar surface area (TPSA) is 81.4 Å². The molecular formula is C10H10N2O3. The Labute approximate surface area is 86.5 Å². The van der Waals surface area contributed by atoms with Crippen molar-refractivity contribution >= 4 is 17.6 Å². The number of benzene rings is 1. The van der Waals surface area contributed by atoms with Gasteiger partial charge in [-0.25, -0.2) is 9.59 Å². The van der Waals surface area contributed by atoms with E-state index in [9.17, 15) is 9.59 Å². The van der Waals surface area contributed by atoms with E-state index in [2.05, 4.69) is 11.4 Å². The molecule has 0 saturated carbocycles. The molecule has 0 spiro atoms. The van der Waals surface area contributed by atoms with Crippen LogP contribution < -0.4 is 11.2 Å². The Morgan fingerprint density at radius 3 is 2.40 bits per heavy atom. The second-order valence-corrected chi connectivity index (χ2v) is 2.70. The summed E-state index contributed by atoms with van der Waals surface area (Å²) in [5.74, 6) is -0.750. The van der Waals surface area contributed by atoms with E-state index in [1.165, 1.54) is 0 Å². The van der Waals surface area contributed by atoms with E-state index >= 15 is 0 Å². The molecule has 0 unspecified atom stereocenters. The van der Waals surface area contributed by atoms with Gasteiger partial charge in [0.2, 0.25) is 0 Å². The largest absolute Gasteiger partial charge is 0.363 e. The van der Waals surface area contributed by atoms with Crippen molar-refractivity contribution in [3.63, 3.8) is 0 Å². The van der Waals surface area contributed by atoms with Crippen LogP contribution in [0.3, 0.4) is 0 Å². The van der Waals surface area contributed by atoms with Gasteiger partial charge in [-0.15, -0.1) is 0 Å². The molecule has 0 heterocycles. The molecule has 0 aliphatic carbocycles. The van der Waals surface area contributed by atoms with Crippen LogP contribution in [0.5, 0.6) is 0 Å². The fraction of sp³-hybridized carbons (Fsp3) is 0. The predicted molar refractivity (Wildman–Crippen MR) is 54.3 cm³/mol. The summed E-state index contributed by atoms with van der Waals surface area (Å²) in [6.07, 6.45) is 0. The van der Waals surface area contributed by atoms with Gasteiger partial charge in [0, 0.05) is 0 Å². The van der Waals surface area contributed by atoms with Gasteiger partial charge in [-0.2, -0.15) is 5.48 Å². The zero-order chi connectivity index (χ0) is 11.3. The number of rotatable bonds is 2. The summed E-state index contributed by atoms with van der Waals surface area (Å²) in [6, 6.07) is 7.79. The van der Waals surface area contributed by atoms with Crippen molar-refractivity contribution < 1.29 is 14.4 Å². The highest BCUT2D eigenvalue weighted by atomic mass is 16.7. The molecule has 0 saturated heterocycles. The minimum absolute atomic E-state index is 0.143. The third-order valence-electron chi connectivity index (χ3n) is 1.61. The lowest BCUT2D eigenvalue weighted by molar-refractivity contribution is -0.141. The number of carbonyl (C=O) groups is 2. The zero-order valence-corrected chi connectivity index (χ0v) is 7.90. The van der Waals surface area contributed by atoms with E-state index in [1.54, 1.807) is 29.7 Å². The van der Waals surface area contributed by atoms with Gasteiger partial charge in [0.15, 0.2) is 0 Å². The van der Waals surface area contributed by atoms with Gasteiger partial charge < -0.3 is 10.6 Å². The summed E-state index contributed by atoms with van der Waals surface area (Å²) in [6.45, 7) is 3.54. The maximum atomic E-state index is 11.3. The lowest BCUT2D eigenvalue weighted by Crippen LogP contribution is -2.32. The Bertz CT molecular complexity index is 387. The first kappa shape index (κ1) is 10.8. The third-order valence-corrected chi connectivity index (χ3v) is 1.61. The van der Waals surface area contributed by atoms with E-state index in [1.807, 2.05) is 6.07 Å². The van der Waals surface area contributed by atoms with Gasteiger partial charge in [0.05, 0.1) is 5.57 Å². The van der Waals surface area contributed by atoms with Crippen LogP contribution in [0.4, 0.5) is 4.79 Å². The number of hydrogen-bond acceptors (Lipinski definition) is 3. The van der Waals surface area contributed by atoms with Crippen molar-refractivity contribution in [3.05, 3.63) is 42.5 Å². The number of urea groups is 1. The molecule has 2 amide bonds. The molecule has 5 nitrogen and oxygen atoms in total. The van der Waals surface area contributed by atoms with Crippen LogP contribution in [0.15, 0.2) is 36.9 Å². The number of hydrogen-bond donors (Lipinski definition) is 2. The first-order chi connectivity index (χ1) is 7.11. The van der Waals surface area contributed by atoms with Crippen molar-refractivity contribution in [2.45, 2.75) is 0 Å². The normalized spacial score (nSPS) is 9.07. The van der Waals surface area contributed by atoms with Gasteiger partial charge in [-0.05, 0) is 5.56 Å². The standard InChI is InChI=1S/C10H10N2O3/c1-7(8-5-3-2-4-6-8)9(13)15-12-10(11)14/h2-6H,1H2,(H3,11,12,14). The van der Waals surface area contributed by atoms with E-state index < -0.39 is 12.0 Å². The van der Waals surface area contributed by atoms with Gasteiger partial charge in [0.25, 0.3) is 0 Å². The van der Waals surface area contributed by atoms with Gasteiger partial charge in [-0.1, -0.05) is 36.9 Å². The monoisotopic (exact) mass is 206 g/mol. The molecule has 0 bridgehead atoms. The number of nitrogens with two attached hydrogens (primary N) is 1. The second-order valence-electron chi connectivity index (χ2n) is 2.70. The Balaban J connectivity index is 2.62. The van der Waals surface area contributed by atoms with Gasteiger partial charge >= 0.3 is 12.0 Å². The molecule has 0 atom stereocenters. The minimum Gasteiger partial charge on any atom is -0.349 e. The summed E-state index contributed by atoms with van der Waals surface area (Å²) in [4.78, 5) is 25.9. The summed E-state index contributed by atoms with van der Waals surface area (Å²) in [5, 5.41) is 0. The molecule has 0 aromatic heterocycles. The SMILES string of the molecule is C=C(C(=O)ONC(N)=O)c1ccccc1. The molecule has 1 rings (SSSR count). The first-order valence-corrected chi connectivity index (χ1v) is 4.12. The molecule has 0 aliphatic heterocycles. The van der Waals surface area contributed by atoms with Crippen LogP contribution in [0.25, 0.3) is 5.57 Å². The fourth-order valence-electron chi connectivity index (χ4n) is 0.915. The highest BCUT2D eigenvalue weighted by molar-refractivity contribution is 6.15. The van der Waals surface area contributed by atoms with Crippen molar-refractivity contribution in [1.82, 2.24) is 5.48 Å². The van der Waals surface area contributed by atoms with E-state index in [0.29, 0.717) is 5.56 Å². The summed E-state index contributed by atoms with van der Waals surface area (Å²) < 4.78 is 0. The van der Waals surface area contributed by atoms with Crippen molar-refractivity contribution in [2.75, 3.05) is 0 Å². The van der Waals surface area contributed by atoms with Crippen LogP contribution in [0, 0.1) is 0 Å². The van der Waals surface area contributed by atoms with Crippen LogP contribution >= 0.6 is 0 Å². The van der Waals surface area contributed by atoms with Crippen LogP contribution in [-0.2, 0) is 9.63 Å². The van der Waals surface area contributed by atoms with E-state index in [-0.39, 0.29) is 5.57 Å². The maximum absolute atomic E-state index is 11.3. The molecule has 1 aromatic carbocycles. The lowest BCUT2D eigenvalue weighted by Gasteiger charge is -2.05. The molecular weight excluding hydrogens is 196 g/mol. The molecule has 15 heavy (non-hydrogen) atoms. The Hall–Kier alpha value is -2.30. The molecule has 3 N–H and O–H groups in total. The molecule has 0 fully saturated rings. The molecule has 5 heteroatoms. The third kappa shape index (κ3) is 3.15. The number of hydroxylamine groups is 1. The van der Waals surface area contributed by atoms with E-state index in [0.717, 1.165) is 0 Å². The molecule has 0 aliphatic rings. The maximum Gasteiger partial charge on any atom is 0.363 e. The number of primary amides is 1. The fourth-order valence-corrected chi connectivity index (χ4v) is 0.915. The van der Waals surface area contributed by atoms with Crippen molar-refractivity contribution in [1.29, 1.82) is 0 Å². The smallest absolute Gasteiger partial charge is 0.349 e. The first-order valence-electron chi connectivity index (χ1n) is 4.12. The average molecular weight is 206 g/mol. The van der Waals surface area contributed by atoms with Gasteiger partial charge in [-0.3, -0.25) is 0 Å². The van der Waals surface area contributed by atoms with E-state index in [4.69, 9.17) is 5.73 Å².